The lowest BCUT2D eigenvalue weighted by molar-refractivity contribution is 0.0715. The molecule has 1 atom stereocenters. The summed E-state index contributed by atoms with van der Waals surface area (Å²) in [5.41, 5.74) is 0. The van der Waals surface area contributed by atoms with Gasteiger partial charge in [0.1, 0.15) is 0 Å². The topological polar surface area (TPSA) is 79.2 Å². The second-order valence-corrected chi connectivity index (χ2v) is 5.18. The van der Waals surface area contributed by atoms with E-state index in [2.05, 4.69) is 0 Å². The molecule has 0 amide bonds. The smallest absolute Gasteiger partial charge is 0.249 e. The predicted octanol–water partition coefficient (Wildman–Crippen LogP) is 0.796. The zero-order chi connectivity index (χ0) is 11.2. The molecule has 0 saturated carbocycles. The Morgan fingerprint density at radius 1 is 1.50 bits per heavy atom. The maximum Gasteiger partial charge on any atom is 0.249 e. The van der Waals surface area contributed by atoms with E-state index in [1.807, 2.05) is 18.7 Å². The first-order valence-corrected chi connectivity index (χ1v) is 6.00. The lowest BCUT2D eigenvalue weighted by atomic mass is 10.2. The van der Waals surface area contributed by atoms with Crippen molar-refractivity contribution in [3.8, 4) is 6.07 Å². The predicted molar refractivity (Wildman–Crippen MR) is 52.5 cm³/mol. The molecule has 0 aromatic rings. The van der Waals surface area contributed by atoms with E-state index in [0.29, 0.717) is 6.61 Å². The average molecular weight is 220 g/mol. The molecule has 0 aliphatic rings. The van der Waals surface area contributed by atoms with Crippen LogP contribution in [0.25, 0.3) is 0 Å². The third-order valence-corrected chi connectivity index (χ3v) is 3.02. The van der Waals surface area contributed by atoms with Crippen molar-refractivity contribution in [3.05, 3.63) is 0 Å². The Balaban J connectivity index is 4.16. The van der Waals surface area contributed by atoms with Crippen molar-refractivity contribution in [3.63, 3.8) is 0 Å². The van der Waals surface area contributed by atoms with Crippen molar-refractivity contribution in [2.24, 2.45) is 5.92 Å². The second kappa shape index (κ2) is 5.96. The Labute approximate surface area is 85.1 Å². The van der Waals surface area contributed by atoms with Crippen LogP contribution in [0.1, 0.15) is 27.2 Å². The Kier molecular flexibility index (Phi) is 5.69. The molecule has 5 nitrogen and oxygen atoms in total. The van der Waals surface area contributed by atoms with Crippen molar-refractivity contribution in [1.29, 1.82) is 5.26 Å². The van der Waals surface area contributed by atoms with E-state index in [0.717, 1.165) is 0 Å². The molecule has 0 aliphatic carbocycles. The lowest BCUT2D eigenvalue weighted by Gasteiger charge is -2.10. The van der Waals surface area contributed by atoms with E-state index in [1.165, 1.54) is 0 Å². The van der Waals surface area contributed by atoms with Gasteiger partial charge in [-0.3, -0.25) is 4.84 Å². The van der Waals surface area contributed by atoms with Crippen LogP contribution in [0.2, 0.25) is 0 Å². The van der Waals surface area contributed by atoms with Crippen LogP contribution < -0.4 is 4.89 Å². The van der Waals surface area contributed by atoms with Gasteiger partial charge in [-0.1, -0.05) is 25.7 Å². The van der Waals surface area contributed by atoms with E-state index in [-0.39, 0.29) is 12.3 Å². The highest BCUT2D eigenvalue weighted by Gasteiger charge is 2.23. The largest absolute Gasteiger partial charge is 0.287 e. The van der Waals surface area contributed by atoms with Crippen molar-refractivity contribution in [2.45, 2.75) is 32.4 Å². The lowest BCUT2D eigenvalue weighted by Crippen LogP contribution is -2.34. The normalized spacial score (nSPS) is 13.9. The van der Waals surface area contributed by atoms with Gasteiger partial charge in [0.15, 0.2) is 5.25 Å². The summed E-state index contributed by atoms with van der Waals surface area (Å²) < 4.78 is 22.6. The summed E-state index contributed by atoms with van der Waals surface area (Å²) in [5.74, 6) is 0.236. The van der Waals surface area contributed by atoms with Crippen molar-refractivity contribution in [1.82, 2.24) is 4.89 Å². The molecule has 82 valence electrons. The highest BCUT2D eigenvalue weighted by molar-refractivity contribution is 7.90. The third-order valence-electron chi connectivity index (χ3n) is 1.48. The number of nitrogens with zero attached hydrogens (tertiary/aromatic N) is 1. The van der Waals surface area contributed by atoms with Crippen LogP contribution in [0.5, 0.6) is 0 Å². The average Bonchev–Trinajstić information content (AvgIpc) is 2.04. The molecular weight excluding hydrogens is 204 g/mol. The zero-order valence-electron chi connectivity index (χ0n) is 8.65. The fourth-order valence-corrected chi connectivity index (χ4v) is 1.65. The van der Waals surface area contributed by atoms with E-state index in [1.54, 1.807) is 13.0 Å². The molecule has 0 aromatic carbocycles. The van der Waals surface area contributed by atoms with Crippen molar-refractivity contribution in [2.75, 3.05) is 6.61 Å². The van der Waals surface area contributed by atoms with Crippen molar-refractivity contribution < 1.29 is 13.3 Å². The van der Waals surface area contributed by atoms with Crippen LogP contribution in [0.4, 0.5) is 0 Å². The third kappa shape index (κ3) is 4.56. The van der Waals surface area contributed by atoms with Crippen LogP contribution in [-0.2, 0) is 14.9 Å². The number of sulfonamides is 1. The number of nitrogens with one attached hydrogen (secondary N) is 1. The molecule has 0 bridgehead atoms. The molecular formula is C8H16N2O3S. The van der Waals surface area contributed by atoms with Crippen LogP contribution in [0, 0.1) is 17.2 Å². The van der Waals surface area contributed by atoms with E-state index in [9.17, 15) is 8.42 Å². The van der Waals surface area contributed by atoms with Crippen LogP contribution in [0.15, 0.2) is 0 Å². The van der Waals surface area contributed by atoms with Gasteiger partial charge in [0, 0.05) is 0 Å². The Hall–Kier alpha value is -0.640. The highest BCUT2D eigenvalue weighted by Crippen LogP contribution is 2.02. The second-order valence-electron chi connectivity index (χ2n) is 3.36. The summed E-state index contributed by atoms with van der Waals surface area (Å²) in [5, 5.41) is 7.50. The minimum absolute atomic E-state index is 0.236. The van der Waals surface area contributed by atoms with Crippen LogP contribution >= 0.6 is 0 Å². The van der Waals surface area contributed by atoms with Gasteiger partial charge in [-0.15, -0.1) is 0 Å². The summed E-state index contributed by atoms with van der Waals surface area (Å²) in [4.78, 5) is 6.70. The maximum atomic E-state index is 11.3. The SMILES string of the molecule is CCC(C#N)S(=O)(=O)NOCC(C)C. The number of hydrogen-bond acceptors (Lipinski definition) is 4. The maximum absolute atomic E-state index is 11.3. The van der Waals surface area contributed by atoms with Gasteiger partial charge in [-0.05, 0) is 12.3 Å². The molecule has 1 N–H and O–H groups in total. The Morgan fingerprint density at radius 2 is 2.07 bits per heavy atom. The molecule has 0 spiro atoms. The number of nitriles is 1. The van der Waals surface area contributed by atoms with E-state index in [4.69, 9.17) is 10.1 Å². The Bertz CT molecular complexity index is 292. The molecule has 0 radical (unpaired) electrons. The van der Waals surface area contributed by atoms with E-state index >= 15 is 0 Å². The van der Waals surface area contributed by atoms with Gasteiger partial charge in [0.05, 0.1) is 12.7 Å². The van der Waals surface area contributed by atoms with Gasteiger partial charge >= 0.3 is 0 Å². The molecule has 0 aromatic heterocycles. The highest BCUT2D eigenvalue weighted by atomic mass is 32.2. The van der Waals surface area contributed by atoms with Crippen molar-refractivity contribution >= 4 is 10.0 Å². The van der Waals surface area contributed by atoms with Gasteiger partial charge in [-0.25, -0.2) is 8.42 Å². The molecule has 0 saturated heterocycles. The van der Waals surface area contributed by atoms with Crippen LogP contribution in [0.3, 0.4) is 0 Å². The van der Waals surface area contributed by atoms with Gasteiger partial charge < -0.3 is 0 Å². The molecule has 0 rings (SSSR count). The first-order chi connectivity index (χ1) is 6.44. The first-order valence-electron chi connectivity index (χ1n) is 4.46. The minimum Gasteiger partial charge on any atom is -0.287 e. The van der Waals surface area contributed by atoms with Gasteiger partial charge in [0.2, 0.25) is 10.0 Å². The van der Waals surface area contributed by atoms with Gasteiger partial charge in [0.25, 0.3) is 0 Å². The summed E-state index contributed by atoms with van der Waals surface area (Å²) in [6, 6.07) is 1.70. The zero-order valence-corrected chi connectivity index (χ0v) is 9.47. The minimum atomic E-state index is -3.65. The monoisotopic (exact) mass is 220 g/mol. The summed E-state index contributed by atoms with van der Waals surface area (Å²) >= 11 is 0. The van der Waals surface area contributed by atoms with Gasteiger partial charge in [-0.2, -0.15) is 5.26 Å². The molecule has 1 unspecified atom stereocenters. The van der Waals surface area contributed by atoms with E-state index < -0.39 is 15.3 Å². The van der Waals surface area contributed by atoms with Crippen LogP contribution in [-0.4, -0.2) is 20.3 Å². The molecule has 0 heterocycles. The summed E-state index contributed by atoms with van der Waals surface area (Å²) in [7, 11) is -3.65. The first kappa shape index (κ1) is 13.4. The molecule has 6 heteroatoms. The molecule has 0 aliphatic heterocycles. The molecule has 0 fully saturated rings. The fourth-order valence-electron chi connectivity index (χ4n) is 0.721. The molecule has 14 heavy (non-hydrogen) atoms. The number of rotatable bonds is 6. The summed E-state index contributed by atoms with van der Waals surface area (Å²) in [6.07, 6.45) is 0.247. The fraction of sp³-hybridized carbons (Fsp3) is 0.875. The standard InChI is InChI=1S/C8H16N2O3S/c1-4-8(5-9)14(11,12)10-13-6-7(2)3/h7-8,10H,4,6H2,1-3H3. The Morgan fingerprint density at radius 3 is 2.43 bits per heavy atom. The quantitative estimate of drug-likeness (QED) is 0.671. The summed E-state index contributed by atoms with van der Waals surface area (Å²) in [6.45, 7) is 5.72. The number of hydrogen-bond donors (Lipinski definition) is 1.